The van der Waals surface area contributed by atoms with Crippen molar-refractivity contribution in [3.8, 4) is 0 Å². The number of ketones is 1. The van der Waals surface area contributed by atoms with E-state index in [0.29, 0.717) is 16.1 Å². The molecule has 0 bridgehead atoms. The zero-order valence-electron chi connectivity index (χ0n) is 9.98. The van der Waals surface area contributed by atoms with Crippen molar-refractivity contribution in [3.63, 3.8) is 0 Å². The number of rotatable bonds is 2. The van der Waals surface area contributed by atoms with Crippen LogP contribution in [0.4, 0.5) is 0 Å². The first-order chi connectivity index (χ1) is 7.29. The molecule has 76 valence electrons. The zero-order valence-corrected chi connectivity index (χ0v) is 11.7. The molecule has 0 aliphatic carbocycles. The Morgan fingerprint density at radius 2 is 1.50 bits per heavy atom. The first-order valence-electron chi connectivity index (χ1n) is 4.63. The van der Waals surface area contributed by atoms with Gasteiger partial charge in [0.25, 0.3) is 0 Å². The fourth-order valence-corrected chi connectivity index (χ4v) is 1.61. The van der Waals surface area contributed by atoms with Crippen molar-refractivity contribution >= 4 is 17.4 Å². The third kappa shape index (κ3) is 2.96. The van der Waals surface area contributed by atoms with Gasteiger partial charge in [0.15, 0.2) is 5.78 Å². The molecular weight excluding hydrogens is 231 g/mol. The monoisotopic (exact) mass is 240 g/mol. The van der Waals surface area contributed by atoms with Crippen molar-refractivity contribution in [2.45, 2.75) is 0 Å². The number of carbonyl (C=O) groups excluding carboxylic acids is 1. The SMILES string of the molecule is O=C(c1ccccc1)c1ccccc1Cl.[H-].[Na+]. The molecule has 0 radical (unpaired) electrons. The number of benzene rings is 2. The summed E-state index contributed by atoms with van der Waals surface area (Å²) in [7, 11) is 0. The van der Waals surface area contributed by atoms with Crippen molar-refractivity contribution in [3.05, 3.63) is 70.7 Å². The van der Waals surface area contributed by atoms with Crippen LogP contribution in [0.3, 0.4) is 0 Å². The minimum absolute atomic E-state index is 0. The van der Waals surface area contributed by atoms with Crippen LogP contribution >= 0.6 is 11.6 Å². The van der Waals surface area contributed by atoms with E-state index in [4.69, 9.17) is 11.6 Å². The normalized spacial score (nSPS) is 9.31. The predicted molar refractivity (Wildman–Crippen MR) is 62.4 cm³/mol. The molecule has 2 rings (SSSR count). The summed E-state index contributed by atoms with van der Waals surface area (Å²) in [6.45, 7) is 0. The predicted octanol–water partition coefficient (Wildman–Crippen LogP) is 0.687. The van der Waals surface area contributed by atoms with E-state index in [1.807, 2.05) is 30.3 Å². The van der Waals surface area contributed by atoms with E-state index in [9.17, 15) is 4.79 Å². The second kappa shape index (κ2) is 6.21. The summed E-state index contributed by atoms with van der Waals surface area (Å²) in [6, 6.07) is 16.2. The van der Waals surface area contributed by atoms with Gasteiger partial charge < -0.3 is 1.43 Å². The van der Waals surface area contributed by atoms with E-state index in [2.05, 4.69) is 0 Å². The number of carbonyl (C=O) groups is 1. The average Bonchev–Trinajstić information content (AvgIpc) is 2.30. The molecule has 3 heteroatoms. The fraction of sp³-hybridized carbons (Fsp3) is 0. The van der Waals surface area contributed by atoms with Crippen molar-refractivity contribution in [2.75, 3.05) is 0 Å². The maximum absolute atomic E-state index is 12.0. The second-order valence-electron chi connectivity index (χ2n) is 3.17. The Labute approximate surface area is 123 Å². The van der Waals surface area contributed by atoms with Crippen LogP contribution in [0, 0.1) is 0 Å². The minimum Gasteiger partial charge on any atom is -1.00 e. The molecule has 0 saturated carbocycles. The number of hydrogen-bond donors (Lipinski definition) is 0. The van der Waals surface area contributed by atoms with Gasteiger partial charge in [-0.25, -0.2) is 0 Å². The molecule has 1 nitrogen and oxygen atoms in total. The maximum atomic E-state index is 12.0. The van der Waals surface area contributed by atoms with Crippen LogP contribution in [-0.4, -0.2) is 5.78 Å². The Balaban J connectivity index is 0.00000128. The molecule has 0 heterocycles. The molecule has 0 aliphatic rings. The summed E-state index contributed by atoms with van der Waals surface area (Å²) < 4.78 is 0. The number of halogens is 1. The van der Waals surface area contributed by atoms with Crippen LogP contribution in [0.1, 0.15) is 17.3 Å². The number of hydrogen-bond acceptors (Lipinski definition) is 1. The molecule has 0 unspecified atom stereocenters. The van der Waals surface area contributed by atoms with Crippen molar-refractivity contribution < 1.29 is 35.8 Å². The van der Waals surface area contributed by atoms with Gasteiger partial charge in [-0.2, -0.15) is 0 Å². The van der Waals surface area contributed by atoms with Gasteiger partial charge >= 0.3 is 29.6 Å². The molecule has 16 heavy (non-hydrogen) atoms. The van der Waals surface area contributed by atoms with Gasteiger partial charge in [0, 0.05) is 11.1 Å². The van der Waals surface area contributed by atoms with Crippen LogP contribution in [0.5, 0.6) is 0 Å². The summed E-state index contributed by atoms with van der Waals surface area (Å²) >= 11 is 5.95. The Hall–Kier alpha value is -0.600. The standard InChI is InChI=1S/C13H9ClO.Na.H/c14-12-9-5-4-8-11(12)13(15)10-6-2-1-3-7-10;;/h1-9H;;/q;+1;-1. The largest absolute Gasteiger partial charge is 1.00 e. The molecule has 0 aliphatic heterocycles. The van der Waals surface area contributed by atoms with Gasteiger partial charge in [0.2, 0.25) is 0 Å². The summed E-state index contributed by atoms with van der Waals surface area (Å²) in [5.41, 5.74) is 1.20. The summed E-state index contributed by atoms with van der Waals surface area (Å²) in [5, 5.41) is 0.492. The van der Waals surface area contributed by atoms with E-state index in [-0.39, 0.29) is 36.8 Å². The zero-order chi connectivity index (χ0) is 10.7. The molecule has 2 aromatic rings. The van der Waals surface area contributed by atoms with E-state index in [1.54, 1.807) is 24.3 Å². The first-order valence-corrected chi connectivity index (χ1v) is 5.01. The molecule has 0 atom stereocenters. The first kappa shape index (κ1) is 13.5. The van der Waals surface area contributed by atoms with Gasteiger partial charge in [-0.15, -0.1) is 0 Å². The third-order valence-corrected chi connectivity index (χ3v) is 2.48. The molecule has 0 spiro atoms. The summed E-state index contributed by atoms with van der Waals surface area (Å²) in [5.74, 6) is -0.0406. The molecule has 0 aromatic heterocycles. The Morgan fingerprint density at radius 3 is 2.12 bits per heavy atom. The van der Waals surface area contributed by atoms with Gasteiger partial charge in [0.05, 0.1) is 5.02 Å². The van der Waals surface area contributed by atoms with E-state index in [0.717, 1.165) is 0 Å². The molecule has 0 fully saturated rings. The fourth-order valence-electron chi connectivity index (χ4n) is 1.39. The van der Waals surface area contributed by atoms with E-state index >= 15 is 0 Å². The summed E-state index contributed by atoms with van der Waals surface area (Å²) in [6.07, 6.45) is 0. The average molecular weight is 241 g/mol. The Kier molecular flexibility index (Phi) is 5.23. The van der Waals surface area contributed by atoms with Gasteiger partial charge in [-0.1, -0.05) is 54.1 Å². The third-order valence-electron chi connectivity index (χ3n) is 2.15. The van der Waals surface area contributed by atoms with Gasteiger partial charge in [-0.3, -0.25) is 4.79 Å². The van der Waals surface area contributed by atoms with Gasteiger partial charge in [-0.05, 0) is 12.1 Å². The molecule has 0 N–H and O–H groups in total. The van der Waals surface area contributed by atoms with Crippen molar-refractivity contribution in [2.24, 2.45) is 0 Å². The second-order valence-corrected chi connectivity index (χ2v) is 3.58. The molecule has 0 amide bonds. The van der Waals surface area contributed by atoms with E-state index in [1.165, 1.54) is 0 Å². The van der Waals surface area contributed by atoms with Crippen molar-refractivity contribution in [1.29, 1.82) is 0 Å². The smallest absolute Gasteiger partial charge is 1.00 e. The van der Waals surface area contributed by atoms with Crippen LogP contribution < -0.4 is 29.6 Å². The summed E-state index contributed by atoms with van der Waals surface area (Å²) in [4.78, 5) is 12.0. The van der Waals surface area contributed by atoms with Crippen LogP contribution in [0.25, 0.3) is 0 Å². The topological polar surface area (TPSA) is 17.1 Å². The van der Waals surface area contributed by atoms with Crippen LogP contribution in [0.2, 0.25) is 5.02 Å². The molecular formula is C13H10ClNaO. The molecule has 2 aromatic carbocycles. The van der Waals surface area contributed by atoms with Gasteiger partial charge in [0.1, 0.15) is 0 Å². The van der Waals surface area contributed by atoms with E-state index < -0.39 is 0 Å². The van der Waals surface area contributed by atoms with Crippen molar-refractivity contribution in [1.82, 2.24) is 0 Å². The quantitative estimate of drug-likeness (QED) is 0.558. The Morgan fingerprint density at radius 1 is 0.938 bits per heavy atom. The minimum atomic E-state index is -0.0406. The molecule has 0 saturated heterocycles. The maximum Gasteiger partial charge on any atom is 1.00 e. The Bertz CT molecular complexity index is 488. The van der Waals surface area contributed by atoms with Crippen LogP contribution in [-0.2, 0) is 0 Å². The van der Waals surface area contributed by atoms with Crippen LogP contribution in [0.15, 0.2) is 54.6 Å².